The zero-order valence-electron chi connectivity index (χ0n) is 12.3. The molecular weight excluding hydrogens is 272 g/mol. The Bertz CT molecular complexity index is 547. The molecular formula is C14H20N4O3. The Labute approximate surface area is 123 Å². The normalized spacial score (nSPS) is 18.5. The second kappa shape index (κ2) is 6.53. The van der Waals surface area contributed by atoms with Crippen LogP contribution >= 0.6 is 0 Å². The van der Waals surface area contributed by atoms with Gasteiger partial charge < -0.3 is 15.5 Å². The van der Waals surface area contributed by atoms with E-state index in [1.807, 2.05) is 0 Å². The summed E-state index contributed by atoms with van der Waals surface area (Å²) in [5, 5.41) is 16.6. The van der Waals surface area contributed by atoms with E-state index in [0.29, 0.717) is 23.7 Å². The van der Waals surface area contributed by atoms with E-state index in [1.165, 1.54) is 6.07 Å². The van der Waals surface area contributed by atoms with Gasteiger partial charge in [0.25, 0.3) is 11.6 Å². The van der Waals surface area contributed by atoms with Crippen LogP contribution in [-0.4, -0.2) is 49.5 Å². The summed E-state index contributed by atoms with van der Waals surface area (Å²) in [6.45, 7) is 2.62. The van der Waals surface area contributed by atoms with E-state index < -0.39 is 4.92 Å². The van der Waals surface area contributed by atoms with Crippen molar-refractivity contribution in [2.45, 2.75) is 6.42 Å². The van der Waals surface area contributed by atoms with Gasteiger partial charge >= 0.3 is 0 Å². The van der Waals surface area contributed by atoms with Gasteiger partial charge in [-0.25, -0.2) is 0 Å². The fourth-order valence-corrected chi connectivity index (χ4v) is 2.57. The van der Waals surface area contributed by atoms with Crippen LogP contribution in [0.5, 0.6) is 0 Å². The Morgan fingerprint density at radius 1 is 1.52 bits per heavy atom. The van der Waals surface area contributed by atoms with E-state index in [4.69, 9.17) is 0 Å². The molecule has 1 aliphatic rings. The van der Waals surface area contributed by atoms with Crippen LogP contribution in [-0.2, 0) is 0 Å². The average Bonchev–Trinajstić information content (AvgIpc) is 2.89. The largest absolute Gasteiger partial charge is 0.383 e. The molecule has 0 aromatic heterocycles. The third-order valence-corrected chi connectivity index (χ3v) is 3.77. The van der Waals surface area contributed by atoms with Crippen LogP contribution in [0.15, 0.2) is 18.2 Å². The third kappa shape index (κ3) is 3.69. The van der Waals surface area contributed by atoms with E-state index in [1.54, 1.807) is 19.2 Å². The summed E-state index contributed by atoms with van der Waals surface area (Å²) in [7, 11) is 3.67. The molecule has 1 saturated heterocycles. The lowest BCUT2D eigenvalue weighted by molar-refractivity contribution is -0.384. The number of hydrogen-bond acceptors (Lipinski definition) is 5. The van der Waals surface area contributed by atoms with E-state index >= 15 is 0 Å². The number of rotatable bonds is 5. The first-order chi connectivity index (χ1) is 10.0. The first-order valence-corrected chi connectivity index (χ1v) is 6.94. The van der Waals surface area contributed by atoms with Crippen molar-refractivity contribution in [2.24, 2.45) is 5.92 Å². The Morgan fingerprint density at radius 2 is 2.29 bits per heavy atom. The minimum atomic E-state index is -0.492. The number of amides is 1. The lowest BCUT2D eigenvalue weighted by atomic mass is 10.1. The summed E-state index contributed by atoms with van der Waals surface area (Å²) in [4.78, 5) is 24.8. The van der Waals surface area contributed by atoms with Gasteiger partial charge in [0.1, 0.15) is 5.69 Å². The highest BCUT2D eigenvalue weighted by molar-refractivity contribution is 5.95. The first kappa shape index (κ1) is 15.2. The highest BCUT2D eigenvalue weighted by atomic mass is 16.6. The lowest BCUT2D eigenvalue weighted by Gasteiger charge is -2.12. The molecule has 21 heavy (non-hydrogen) atoms. The van der Waals surface area contributed by atoms with E-state index in [2.05, 4.69) is 22.6 Å². The Balaban J connectivity index is 2.02. The summed E-state index contributed by atoms with van der Waals surface area (Å²) < 4.78 is 0. The van der Waals surface area contributed by atoms with Crippen LogP contribution in [0.4, 0.5) is 11.4 Å². The lowest BCUT2D eigenvalue weighted by Crippen LogP contribution is -2.30. The molecule has 1 unspecified atom stereocenters. The number of nitrogens with one attached hydrogen (secondary N) is 2. The second-order valence-electron chi connectivity index (χ2n) is 5.37. The Hall–Kier alpha value is -2.15. The minimum Gasteiger partial charge on any atom is -0.383 e. The van der Waals surface area contributed by atoms with Crippen molar-refractivity contribution in [3.05, 3.63) is 33.9 Å². The Kier molecular flexibility index (Phi) is 4.74. The topological polar surface area (TPSA) is 87.5 Å². The highest BCUT2D eigenvalue weighted by Gasteiger charge is 2.21. The minimum absolute atomic E-state index is 0.0919. The fourth-order valence-electron chi connectivity index (χ4n) is 2.57. The van der Waals surface area contributed by atoms with Crippen molar-refractivity contribution >= 4 is 17.3 Å². The van der Waals surface area contributed by atoms with Gasteiger partial charge in [-0.05, 0) is 38.1 Å². The number of likely N-dealkylation sites (tertiary alicyclic amines) is 1. The maximum absolute atomic E-state index is 12.1. The average molecular weight is 292 g/mol. The summed E-state index contributed by atoms with van der Waals surface area (Å²) in [6, 6.07) is 4.45. The molecule has 1 aromatic carbocycles. The van der Waals surface area contributed by atoms with Crippen LogP contribution in [0.1, 0.15) is 16.8 Å². The molecule has 7 heteroatoms. The molecule has 2 N–H and O–H groups in total. The molecule has 114 valence electrons. The zero-order chi connectivity index (χ0) is 15.4. The van der Waals surface area contributed by atoms with E-state index in [-0.39, 0.29) is 11.6 Å². The number of carbonyl (C=O) groups is 1. The van der Waals surface area contributed by atoms with Crippen LogP contribution < -0.4 is 10.6 Å². The van der Waals surface area contributed by atoms with Gasteiger partial charge in [-0.3, -0.25) is 14.9 Å². The molecule has 0 bridgehead atoms. The van der Waals surface area contributed by atoms with Gasteiger partial charge in [-0.2, -0.15) is 0 Å². The van der Waals surface area contributed by atoms with Crippen molar-refractivity contribution < 1.29 is 9.72 Å². The third-order valence-electron chi connectivity index (χ3n) is 3.77. The predicted octanol–water partition coefficient (Wildman–Crippen LogP) is 1.32. The molecule has 1 amide bonds. The molecule has 2 rings (SSSR count). The number of anilines is 1. The molecule has 1 aliphatic heterocycles. The van der Waals surface area contributed by atoms with Gasteiger partial charge in [0.15, 0.2) is 0 Å². The Morgan fingerprint density at radius 3 is 2.86 bits per heavy atom. The highest BCUT2D eigenvalue weighted by Crippen LogP contribution is 2.25. The van der Waals surface area contributed by atoms with Crippen molar-refractivity contribution in [3.8, 4) is 0 Å². The summed E-state index contributed by atoms with van der Waals surface area (Å²) in [6.07, 6.45) is 1.07. The van der Waals surface area contributed by atoms with Gasteiger partial charge in [-0.1, -0.05) is 0 Å². The van der Waals surface area contributed by atoms with Crippen LogP contribution in [0, 0.1) is 16.0 Å². The van der Waals surface area contributed by atoms with Gasteiger partial charge in [0, 0.05) is 31.8 Å². The molecule has 1 aromatic rings. The summed E-state index contributed by atoms with van der Waals surface area (Å²) in [5.74, 6) is 0.181. The molecule has 7 nitrogen and oxygen atoms in total. The zero-order valence-corrected chi connectivity index (χ0v) is 12.3. The summed E-state index contributed by atoms with van der Waals surface area (Å²) in [5.41, 5.74) is 0.617. The molecule has 1 fully saturated rings. The number of hydrogen-bond donors (Lipinski definition) is 2. The van der Waals surface area contributed by atoms with E-state index in [0.717, 1.165) is 19.5 Å². The fraction of sp³-hybridized carbons (Fsp3) is 0.500. The maximum atomic E-state index is 12.1. The molecule has 0 aliphatic carbocycles. The van der Waals surface area contributed by atoms with Crippen molar-refractivity contribution in [1.82, 2.24) is 10.2 Å². The first-order valence-electron chi connectivity index (χ1n) is 6.94. The molecule has 0 radical (unpaired) electrons. The quantitative estimate of drug-likeness (QED) is 0.631. The maximum Gasteiger partial charge on any atom is 0.293 e. The monoisotopic (exact) mass is 292 g/mol. The number of carbonyl (C=O) groups excluding carboxylic acids is 1. The van der Waals surface area contributed by atoms with Crippen LogP contribution in [0.2, 0.25) is 0 Å². The molecule has 1 atom stereocenters. The van der Waals surface area contributed by atoms with Gasteiger partial charge in [0.2, 0.25) is 0 Å². The standard InChI is InChI=1S/C14H20N4O3/c1-15-12-4-3-11(7-13(12)18(20)21)14(19)16-8-10-5-6-17(2)9-10/h3-4,7,10,15H,5-6,8-9H2,1-2H3,(H,16,19). The van der Waals surface area contributed by atoms with E-state index in [9.17, 15) is 14.9 Å². The SMILES string of the molecule is CNc1ccc(C(=O)NCC2CCN(C)C2)cc1[N+](=O)[O-]. The van der Waals surface area contributed by atoms with Gasteiger partial charge in [0.05, 0.1) is 4.92 Å². The molecule has 1 heterocycles. The molecule has 0 saturated carbocycles. The smallest absolute Gasteiger partial charge is 0.293 e. The number of nitro groups is 1. The van der Waals surface area contributed by atoms with Crippen LogP contribution in [0.25, 0.3) is 0 Å². The second-order valence-corrected chi connectivity index (χ2v) is 5.37. The van der Waals surface area contributed by atoms with Gasteiger partial charge in [-0.15, -0.1) is 0 Å². The molecule has 0 spiro atoms. The van der Waals surface area contributed by atoms with Crippen LogP contribution in [0.3, 0.4) is 0 Å². The number of nitrogens with zero attached hydrogens (tertiary/aromatic N) is 2. The number of benzene rings is 1. The summed E-state index contributed by atoms with van der Waals surface area (Å²) >= 11 is 0. The predicted molar refractivity (Wildman–Crippen MR) is 80.6 cm³/mol. The van der Waals surface area contributed by atoms with Crippen molar-refractivity contribution in [2.75, 3.05) is 39.0 Å². The van der Waals surface area contributed by atoms with Crippen molar-refractivity contribution in [3.63, 3.8) is 0 Å². The number of nitro benzene ring substituents is 1. The van der Waals surface area contributed by atoms with Crippen molar-refractivity contribution in [1.29, 1.82) is 0 Å².